The molecule has 21 rings (SSSR count). The Morgan fingerprint density at radius 2 is 0.806 bits per heavy atom. The van der Waals surface area contributed by atoms with Gasteiger partial charge in [-0.2, -0.15) is 25.5 Å². The second kappa shape index (κ2) is 37.3. The van der Waals surface area contributed by atoms with E-state index in [-0.39, 0.29) is 110 Å². The van der Waals surface area contributed by atoms with E-state index in [1.54, 1.807) is 74.8 Å². The smallest absolute Gasteiger partial charge is 0.240 e. The number of rotatable bonds is 18. The predicted molar refractivity (Wildman–Crippen MR) is 519 cm³/mol. The first-order chi connectivity index (χ1) is 65.0. The molecule has 2 saturated carbocycles. The number of Topliss-reactive ketones (excluding diaryl/α,β-unsaturated/α-hetero) is 4. The van der Waals surface area contributed by atoms with Crippen molar-refractivity contribution >= 4 is 125 Å². The molecule has 0 bridgehead atoms. The van der Waals surface area contributed by atoms with Gasteiger partial charge in [-0.25, -0.2) is 23.8 Å². The van der Waals surface area contributed by atoms with Crippen LogP contribution in [0.4, 0.5) is 27.1 Å². The average molecular weight is 1840 g/mol. The van der Waals surface area contributed by atoms with Gasteiger partial charge < -0.3 is 32.4 Å². The highest BCUT2D eigenvalue weighted by Crippen LogP contribution is 2.52. The number of para-hydroxylation sites is 1. The zero-order valence-corrected chi connectivity index (χ0v) is 74.9. The molecule has 2 aliphatic carbocycles. The van der Waals surface area contributed by atoms with Crippen molar-refractivity contribution in [2.45, 2.75) is 44.4 Å². The van der Waals surface area contributed by atoms with Crippen LogP contribution in [0, 0.1) is 32.1 Å². The maximum atomic E-state index is 15.4. The molecule has 32 heteroatoms. The van der Waals surface area contributed by atoms with E-state index in [4.69, 9.17) is 93.5 Å². The summed E-state index contributed by atoms with van der Waals surface area (Å²) in [7, 11) is 7.21. The lowest BCUT2D eigenvalue weighted by Gasteiger charge is -2.18. The predicted octanol–water partition coefficient (Wildman–Crippen LogP) is 18.7. The highest BCUT2D eigenvalue weighted by Gasteiger charge is 2.35. The van der Waals surface area contributed by atoms with Gasteiger partial charge in [0.2, 0.25) is 11.4 Å². The van der Waals surface area contributed by atoms with Crippen LogP contribution in [-0.4, -0.2) is 159 Å². The van der Waals surface area contributed by atoms with Crippen LogP contribution in [0.3, 0.4) is 0 Å². The fourth-order valence-electron chi connectivity index (χ4n) is 17.3. The van der Waals surface area contributed by atoms with Gasteiger partial charge in [-0.15, -0.1) is 0 Å². The van der Waals surface area contributed by atoms with E-state index in [0.717, 1.165) is 137 Å². The normalized spacial score (nSPS) is 14.0. The number of nitrogens with two attached hydrogens (primary N) is 4. The van der Waals surface area contributed by atoms with Crippen molar-refractivity contribution in [3.05, 3.63) is 312 Å². The van der Waals surface area contributed by atoms with Crippen molar-refractivity contribution < 1.29 is 33.0 Å². The van der Waals surface area contributed by atoms with Crippen molar-refractivity contribution in [2.75, 3.05) is 52.4 Å². The molecule has 662 valence electrons. The number of ketones is 4. The van der Waals surface area contributed by atoms with Crippen molar-refractivity contribution in [3.8, 4) is 101 Å². The molecule has 5 aromatic heterocycles. The largest absolute Gasteiger partial charge is 0.501 e. The van der Waals surface area contributed by atoms with Crippen LogP contribution in [-0.2, 0) is 34.7 Å². The maximum Gasteiger partial charge on any atom is 0.240 e. The number of carbonyl (C=O) groups excluding carboxylic acids is 4. The van der Waals surface area contributed by atoms with E-state index >= 15 is 4.39 Å². The first-order valence-corrected chi connectivity index (χ1v) is 43.9. The second-order valence-electron chi connectivity index (χ2n) is 32.5. The summed E-state index contributed by atoms with van der Waals surface area (Å²) in [5.41, 5.74) is 45.4. The summed E-state index contributed by atoms with van der Waals surface area (Å²) < 4.78 is 36.0. The van der Waals surface area contributed by atoms with Crippen molar-refractivity contribution in [1.29, 1.82) is 0 Å². The van der Waals surface area contributed by atoms with Crippen LogP contribution < -0.4 is 32.4 Å². The molecular weight excluding hydrogens is 1750 g/mol. The van der Waals surface area contributed by atoms with Gasteiger partial charge in [-0.1, -0.05) is 162 Å². The number of aliphatic imine (C=N–C) groups is 4. The van der Waals surface area contributed by atoms with E-state index in [1.807, 2.05) is 161 Å². The molecule has 0 amide bonds. The molecule has 0 spiro atoms. The Morgan fingerprint density at radius 1 is 0.410 bits per heavy atom. The van der Waals surface area contributed by atoms with Crippen LogP contribution in [0.2, 0.25) is 15.2 Å². The lowest BCUT2D eigenvalue weighted by Crippen LogP contribution is -2.24. The number of aryl methyl sites for hydroxylation is 4. The highest BCUT2D eigenvalue weighted by atomic mass is 35.5. The molecule has 0 radical (unpaired) electrons. The number of carbonyl (C=O) groups is 4. The minimum absolute atomic E-state index is 0.0121. The minimum atomic E-state index is -0.715. The van der Waals surface area contributed by atoms with Crippen LogP contribution >= 0.6 is 34.8 Å². The van der Waals surface area contributed by atoms with Gasteiger partial charge in [-0.3, -0.25) is 62.6 Å². The topological polar surface area (TPSA) is 347 Å². The summed E-state index contributed by atoms with van der Waals surface area (Å²) in [6.07, 6.45) is 12.7. The summed E-state index contributed by atoms with van der Waals surface area (Å²) >= 11 is 19.7. The van der Waals surface area contributed by atoms with Gasteiger partial charge >= 0.3 is 0 Å². The fraction of sp³-hybridized carbons (Fsp3) is 0.186. The number of halogens is 4. The standard InChI is InChI=1S/C28H23N5O2.C25H20ClN7O.C25H18ClN5O.C24H19ClFN5O2/c1-30-26-22(12-16-5-3-4-6-19(16)28(26)35-18-8-9-18)27-23(14-32-33(27)2)17-7-10-20-21(11-17)24(13-29)31-15-25(20)34;1-28-21-6-4-3-5-16(21)13-33-14-20(25(26)31-33)24-19(11-30-32(24)2)15-7-8-17-18(9-15)22(10-27)29-12-23(17)34;1-28-20-10-14-5-3-4-6-16(14)24(26)23(20)25-19(12-30-31(25)2)15-7-8-17-18(9-15)21(11-27)29-13-22(17)32;1-28-23-20(33-13-4-5-13)8-17(25)22(26)21(23)24-16(10-30-31(24)2)12-3-6-14-15(7-12)18(9-27)29-11-19(14)32/h3-7,10-12,14,18H,8-9,13,15,29H2,2H3;3-9,11,14H,10,12-13,27H2,2H3;3-10,12H,11,13,27H2,2H3;3,6-8,10,13H,4-5,9,11,27H2,2H3. The Morgan fingerprint density at radius 3 is 1.25 bits per heavy atom. The molecule has 0 saturated heterocycles. The number of fused-ring (bicyclic) bond motifs is 6. The van der Waals surface area contributed by atoms with Gasteiger partial charge in [0.25, 0.3) is 0 Å². The van der Waals surface area contributed by atoms with Gasteiger partial charge in [0.1, 0.15) is 43.5 Å². The van der Waals surface area contributed by atoms with E-state index < -0.39 is 5.82 Å². The Labute approximate surface area is 782 Å². The molecule has 4 aliphatic heterocycles. The number of benzene rings is 10. The number of nitrogens with zero attached hydrogens (tertiary/aromatic N) is 18. The molecule has 2 fully saturated rings. The quantitative estimate of drug-likeness (QED) is 0.0580. The maximum absolute atomic E-state index is 15.4. The Bertz CT molecular complexity index is 7780. The lowest BCUT2D eigenvalue weighted by molar-refractivity contribution is 0.0992. The molecular formula is C102H80Cl3FN22O6. The first kappa shape index (κ1) is 88.9. The van der Waals surface area contributed by atoms with Gasteiger partial charge in [0, 0.05) is 154 Å². The fourth-order valence-corrected chi connectivity index (χ4v) is 18.0. The summed E-state index contributed by atoms with van der Waals surface area (Å²) in [5, 5.41) is 26.7. The zero-order valence-electron chi connectivity index (χ0n) is 72.6. The van der Waals surface area contributed by atoms with Crippen molar-refractivity contribution in [3.63, 3.8) is 0 Å². The summed E-state index contributed by atoms with van der Waals surface area (Å²) in [6.45, 7) is 32.8. The molecule has 15 aromatic rings. The third-order valence-corrected chi connectivity index (χ3v) is 25.1. The highest BCUT2D eigenvalue weighted by molar-refractivity contribution is 6.39. The number of aromatic nitrogens is 10. The first-order valence-electron chi connectivity index (χ1n) is 42.7. The van der Waals surface area contributed by atoms with Crippen molar-refractivity contribution in [1.82, 2.24) is 48.9 Å². The van der Waals surface area contributed by atoms with Crippen LogP contribution in [0.15, 0.2) is 215 Å². The van der Waals surface area contributed by atoms with E-state index in [0.29, 0.717) is 107 Å². The van der Waals surface area contributed by atoms with Crippen molar-refractivity contribution in [2.24, 2.45) is 71.1 Å². The third-order valence-electron chi connectivity index (χ3n) is 24.2. The summed E-state index contributed by atoms with van der Waals surface area (Å²) in [6, 6.07) is 50.7. The van der Waals surface area contributed by atoms with Crippen LogP contribution in [0.5, 0.6) is 11.5 Å². The zero-order chi connectivity index (χ0) is 93.6. The van der Waals surface area contributed by atoms with E-state index in [9.17, 15) is 19.2 Å². The van der Waals surface area contributed by atoms with Crippen LogP contribution in [0.1, 0.15) is 94.9 Å². The van der Waals surface area contributed by atoms with Gasteiger partial charge in [-0.05, 0) is 106 Å². The third kappa shape index (κ3) is 16.8. The molecule has 8 N–H and O–H groups in total. The average Bonchev–Trinajstić information content (AvgIpc) is 1.71. The Hall–Kier alpha value is -15.7. The minimum Gasteiger partial charge on any atom is -0.501 e. The molecule has 9 heterocycles. The Balaban J connectivity index is 0.000000119. The molecule has 28 nitrogen and oxygen atoms in total. The molecule has 134 heavy (non-hydrogen) atoms. The molecule has 6 aliphatic rings. The molecule has 10 aromatic carbocycles. The SMILES string of the molecule is [C-]#[N+]c1c(-c2c(-c3ccc4c(c3)C(CN)=NCC4=O)cnn2C)cc2ccccc2c1OC1CC1.[C-]#[N+]c1c(OC2CC2)cc(Cl)c(F)c1-c1c(-c2ccc3c(c2)C(CN)=NCC3=O)cnn1C.[C-]#[N+]c1cc2ccccc2c(Cl)c1-c1c(-c2ccc3c(c2)C(CN)=NCC3=O)cnn1C.[C-]#[N+]c1ccccc1Cn1cc(-c2c(-c3ccc4c(c3)C(CN)=NCC4=O)cnn2C)c(Cl)n1. The van der Waals surface area contributed by atoms with Gasteiger partial charge in [0.15, 0.2) is 39.7 Å². The monoisotopic (exact) mass is 1830 g/mol. The second-order valence-corrected chi connectivity index (χ2v) is 33.6. The summed E-state index contributed by atoms with van der Waals surface area (Å²) in [4.78, 5) is 81.5. The molecule has 0 unspecified atom stereocenters. The number of hydrogen-bond acceptors (Lipinski definition) is 19. The van der Waals surface area contributed by atoms with Gasteiger partial charge in [0.05, 0.1) is 126 Å². The summed E-state index contributed by atoms with van der Waals surface area (Å²) in [5.74, 6) is 0.0382. The van der Waals surface area contributed by atoms with E-state index in [1.165, 1.54) is 10.7 Å². The molecule has 0 atom stereocenters. The van der Waals surface area contributed by atoms with Crippen LogP contribution in [0.25, 0.3) is 130 Å². The lowest BCUT2D eigenvalue weighted by atomic mass is 9.91. The Kier molecular flexibility index (Phi) is 24.8. The van der Waals surface area contributed by atoms with E-state index in [2.05, 4.69) is 64.8 Å². The number of hydrogen-bond donors (Lipinski definition) is 4. The number of ether oxygens (including phenoxy) is 2.